The number of carbonyl (C=O) groups is 6. The SMILES string of the molecule is Cc1c(OCCCN2CCC(CN3CCN(c4cc5c(cc4F)C(=O)N(C4CCC(=O)NC4=O)C5=O)CC3)CC2)cccc1-c1ccc(N2CCc3cccc(C(=O)Nc4nc5ccccc5s4)c3C2)nc1C(=O)O. The lowest BCUT2D eigenvalue weighted by Crippen LogP contribution is -2.54. The number of hydrogen-bond donors (Lipinski definition) is 3. The van der Waals surface area contributed by atoms with Crippen LogP contribution in [0.2, 0.25) is 0 Å². The molecule has 75 heavy (non-hydrogen) atoms. The summed E-state index contributed by atoms with van der Waals surface area (Å²) in [6.07, 6.45) is 3.67. The lowest BCUT2D eigenvalue weighted by molar-refractivity contribution is -0.136. The van der Waals surface area contributed by atoms with Crippen LogP contribution in [0.3, 0.4) is 0 Å². The molecule has 5 aliphatic heterocycles. The third-order valence-electron chi connectivity index (χ3n) is 15.3. The third-order valence-corrected chi connectivity index (χ3v) is 16.3. The molecule has 0 bridgehead atoms. The number of rotatable bonds is 14. The number of carbonyl (C=O) groups excluding carboxylic acids is 5. The summed E-state index contributed by atoms with van der Waals surface area (Å²) in [7, 11) is 0. The first-order valence-corrected chi connectivity index (χ1v) is 26.4. The Labute approximate surface area is 436 Å². The number of nitrogens with one attached hydrogen (secondary N) is 2. The number of halogens is 1. The van der Waals surface area contributed by atoms with Crippen LogP contribution in [0.25, 0.3) is 21.3 Å². The number of para-hydroxylation sites is 1. The lowest BCUT2D eigenvalue weighted by atomic mass is 9.94. The van der Waals surface area contributed by atoms with Gasteiger partial charge in [-0.2, -0.15) is 0 Å². The number of pyridine rings is 1. The summed E-state index contributed by atoms with van der Waals surface area (Å²) in [4.78, 5) is 96.1. The van der Waals surface area contributed by atoms with E-state index in [1.807, 2.05) is 89.5 Å². The number of imide groups is 2. The number of piperidine rings is 2. The van der Waals surface area contributed by atoms with Crippen molar-refractivity contribution >= 4 is 73.7 Å². The van der Waals surface area contributed by atoms with Crippen molar-refractivity contribution in [1.82, 2.24) is 30.0 Å². The standard InChI is InChI=1S/C56H56FN9O8S/c1-33-36(37-13-15-48(59-50(37)55(72)73)65-23-19-35-7-4-9-38(41(35)32-65)51(68)61-56-58-43-10-2-3-12-47(43)75-56)8-5-11-46(33)74-28-6-20-62-21-17-34(18-22-62)31-63-24-26-64(27-25-63)45-30-40-39(29-42(45)57)53(70)66(54(40)71)44-14-16-49(67)60-52(44)69/h2-5,7-13,15,29-30,34,44H,6,14,16-28,31-32H2,1H3,(H,72,73)(H,58,61,68)(H,60,67,69). The number of aromatic nitrogens is 2. The summed E-state index contributed by atoms with van der Waals surface area (Å²) in [5, 5.41) is 16.2. The Morgan fingerprint density at radius 1 is 0.800 bits per heavy atom. The van der Waals surface area contributed by atoms with Gasteiger partial charge in [0.05, 0.1) is 33.6 Å². The van der Waals surface area contributed by atoms with E-state index in [2.05, 4.69) is 25.4 Å². The van der Waals surface area contributed by atoms with Crippen LogP contribution in [-0.4, -0.2) is 137 Å². The van der Waals surface area contributed by atoms with Crippen molar-refractivity contribution in [3.05, 3.63) is 130 Å². The number of amides is 5. The maximum absolute atomic E-state index is 15.5. The maximum Gasteiger partial charge on any atom is 0.355 e. The largest absolute Gasteiger partial charge is 0.493 e. The molecule has 1 unspecified atom stereocenters. The Morgan fingerprint density at radius 2 is 1.57 bits per heavy atom. The first kappa shape index (κ1) is 49.6. The summed E-state index contributed by atoms with van der Waals surface area (Å²) in [5.41, 5.74) is 5.58. The molecule has 11 rings (SSSR count). The summed E-state index contributed by atoms with van der Waals surface area (Å²) in [6, 6.07) is 24.2. The molecule has 3 fully saturated rings. The Kier molecular flexibility index (Phi) is 13.9. The van der Waals surface area contributed by atoms with Gasteiger partial charge in [-0.15, -0.1) is 0 Å². The number of piperazine rings is 1. The molecule has 3 N–H and O–H groups in total. The molecule has 0 radical (unpaired) electrons. The van der Waals surface area contributed by atoms with E-state index in [9.17, 15) is 33.9 Å². The second-order valence-corrected chi connectivity index (χ2v) is 21.0. The van der Waals surface area contributed by atoms with E-state index < -0.39 is 41.5 Å². The van der Waals surface area contributed by atoms with Crippen LogP contribution in [-0.2, 0) is 22.6 Å². The number of anilines is 3. The lowest BCUT2D eigenvalue weighted by Gasteiger charge is -2.39. The van der Waals surface area contributed by atoms with Gasteiger partial charge >= 0.3 is 5.97 Å². The Hall–Kier alpha value is -7.61. The van der Waals surface area contributed by atoms with Crippen molar-refractivity contribution in [1.29, 1.82) is 0 Å². The number of ether oxygens (including phenoxy) is 1. The summed E-state index contributed by atoms with van der Waals surface area (Å²) < 4.78 is 22.9. The number of thiazole rings is 1. The van der Waals surface area contributed by atoms with Gasteiger partial charge in [0.15, 0.2) is 10.8 Å². The molecule has 5 amide bonds. The highest BCUT2D eigenvalue weighted by atomic mass is 32.1. The Bertz CT molecular complexity index is 3240. The normalized spacial score (nSPS) is 18.6. The summed E-state index contributed by atoms with van der Waals surface area (Å²) in [5.74, 6) is -2.76. The fraction of sp³-hybridized carbons (Fsp3) is 0.357. The van der Waals surface area contributed by atoms with Crippen molar-refractivity contribution in [2.45, 2.75) is 58.0 Å². The molecule has 0 saturated carbocycles. The second-order valence-electron chi connectivity index (χ2n) is 19.9. The zero-order valence-electron chi connectivity index (χ0n) is 41.5. The van der Waals surface area contributed by atoms with Gasteiger partial charge in [0.25, 0.3) is 17.7 Å². The number of hydrogen-bond acceptors (Lipinski definition) is 14. The van der Waals surface area contributed by atoms with E-state index >= 15 is 4.39 Å². The van der Waals surface area contributed by atoms with Crippen molar-refractivity contribution in [3.8, 4) is 16.9 Å². The Morgan fingerprint density at radius 3 is 2.35 bits per heavy atom. The van der Waals surface area contributed by atoms with Crippen molar-refractivity contribution < 1.29 is 43.0 Å². The van der Waals surface area contributed by atoms with E-state index in [0.717, 1.165) is 102 Å². The first-order valence-electron chi connectivity index (χ1n) is 25.6. The molecular formula is C56H56FN9O8S. The predicted molar refractivity (Wildman–Crippen MR) is 281 cm³/mol. The van der Waals surface area contributed by atoms with Crippen LogP contribution in [0.15, 0.2) is 84.9 Å². The van der Waals surface area contributed by atoms with E-state index in [1.165, 1.54) is 17.4 Å². The minimum absolute atomic E-state index is 0.0109. The third kappa shape index (κ3) is 10.1. The highest BCUT2D eigenvalue weighted by Crippen LogP contribution is 2.37. The molecule has 17 nitrogen and oxygen atoms in total. The van der Waals surface area contributed by atoms with Crippen LogP contribution < -0.4 is 25.2 Å². The molecule has 4 aromatic carbocycles. The highest BCUT2D eigenvalue weighted by molar-refractivity contribution is 7.22. The molecule has 2 aromatic heterocycles. The number of benzene rings is 4. The van der Waals surface area contributed by atoms with E-state index in [-0.39, 0.29) is 41.3 Å². The van der Waals surface area contributed by atoms with Crippen LogP contribution in [0.5, 0.6) is 5.75 Å². The molecule has 1 atom stereocenters. The fourth-order valence-corrected chi connectivity index (χ4v) is 12.1. The van der Waals surface area contributed by atoms with E-state index in [0.29, 0.717) is 73.0 Å². The molecule has 6 aromatic rings. The summed E-state index contributed by atoms with van der Waals surface area (Å²) >= 11 is 1.42. The minimum atomic E-state index is -1.14. The highest BCUT2D eigenvalue weighted by Gasteiger charge is 2.45. The predicted octanol–water partition coefficient (Wildman–Crippen LogP) is 7.02. The van der Waals surface area contributed by atoms with Gasteiger partial charge in [-0.25, -0.2) is 19.2 Å². The molecule has 7 heterocycles. The van der Waals surface area contributed by atoms with Gasteiger partial charge in [-0.3, -0.25) is 44.4 Å². The molecule has 0 spiro atoms. The molecule has 3 saturated heterocycles. The van der Waals surface area contributed by atoms with Crippen molar-refractivity contribution in [2.75, 3.05) is 80.6 Å². The second kappa shape index (κ2) is 21.0. The van der Waals surface area contributed by atoms with Crippen molar-refractivity contribution in [3.63, 3.8) is 0 Å². The molecule has 0 aliphatic carbocycles. The number of nitrogens with zero attached hydrogens (tertiary/aromatic N) is 7. The number of likely N-dealkylation sites (tertiary alicyclic amines) is 1. The van der Waals surface area contributed by atoms with Gasteiger partial charge in [0.1, 0.15) is 23.4 Å². The topological polar surface area (TPSA) is 198 Å². The van der Waals surface area contributed by atoms with Crippen LogP contribution in [0, 0.1) is 18.7 Å². The smallest absolute Gasteiger partial charge is 0.355 e. The number of carboxylic acids is 1. The molecule has 19 heteroatoms. The number of carboxylic acid groups (broad SMARTS) is 1. The average Bonchev–Trinajstić information content (AvgIpc) is 3.93. The van der Waals surface area contributed by atoms with Crippen LogP contribution in [0.4, 0.5) is 21.0 Å². The van der Waals surface area contributed by atoms with Crippen LogP contribution in [0.1, 0.15) is 90.4 Å². The van der Waals surface area contributed by atoms with Crippen molar-refractivity contribution in [2.24, 2.45) is 5.92 Å². The van der Waals surface area contributed by atoms with E-state index in [1.54, 1.807) is 0 Å². The van der Waals surface area contributed by atoms with Gasteiger partial charge in [-0.05, 0) is 129 Å². The van der Waals surface area contributed by atoms with Gasteiger partial charge in [-0.1, -0.05) is 47.7 Å². The number of fused-ring (bicyclic) bond motifs is 3. The molecule has 5 aliphatic rings. The first-order chi connectivity index (χ1) is 36.4. The molecule has 386 valence electrons. The van der Waals surface area contributed by atoms with Gasteiger partial charge in [0, 0.05) is 69.9 Å². The monoisotopic (exact) mass is 1030 g/mol. The van der Waals surface area contributed by atoms with Crippen LogP contribution >= 0.6 is 11.3 Å². The van der Waals surface area contributed by atoms with Gasteiger partial charge < -0.3 is 24.5 Å². The zero-order chi connectivity index (χ0) is 51.9. The average molecular weight is 1030 g/mol. The fourth-order valence-electron chi connectivity index (χ4n) is 11.3. The minimum Gasteiger partial charge on any atom is -0.493 e. The van der Waals surface area contributed by atoms with E-state index in [4.69, 9.17) is 9.72 Å². The van der Waals surface area contributed by atoms with Gasteiger partial charge in [0.2, 0.25) is 11.8 Å². The maximum atomic E-state index is 15.5. The Balaban J connectivity index is 0.645. The quantitative estimate of drug-likeness (QED) is 0.0743. The summed E-state index contributed by atoms with van der Waals surface area (Å²) in [6.45, 7) is 9.83. The molecular weight excluding hydrogens is 978 g/mol. The number of aromatic carboxylic acids is 1. The zero-order valence-corrected chi connectivity index (χ0v) is 42.3.